The van der Waals surface area contributed by atoms with Crippen LogP contribution in [0.3, 0.4) is 0 Å². The van der Waals surface area contributed by atoms with Gasteiger partial charge in [-0.2, -0.15) is 0 Å². The van der Waals surface area contributed by atoms with E-state index in [0.717, 1.165) is 11.4 Å². The highest BCUT2D eigenvalue weighted by Gasteiger charge is 1.94. The van der Waals surface area contributed by atoms with Crippen molar-refractivity contribution in [3.8, 4) is 0 Å². The van der Waals surface area contributed by atoms with E-state index in [-0.39, 0.29) is 5.82 Å². The standard InChI is InChI=1S/C11H9FN2/c12-9-2-1-3-11(8-9)14-10-4-6-13-7-5-10/h1-8H,(H,13,14). The first kappa shape index (κ1) is 8.69. The minimum atomic E-state index is -0.246. The summed E-state index contributed by atoms with van der Waals surface area (Å²) in [5, 5.41) is 3.06. The van der Waals surface area contributed by atoms with E-state index in [9.17, 15) is 4.39 Å². The number of halogens is 1. The van der Waals surface area contributed by atoms with Crippen LogP contribution in [0.1, 0.15) is 0 Å². The molecule has 0 aliphatic heterocycles. The van der Waals surface area contributed by atoms with Gasteiger partial charge in [-0.05, 0) is 30.3 Å². The predicted molar refractivity (Wildman–Crippen MR) is 53.9 cm³/mol. The number of rotatable bonds is 2. The first-order chi connectivity index (χ1) is 6.84. The largest absolute Gasteiger partial charge is 0.355 e. The molecular weight excluding hydrogens is 179 g/mol. The van der Waals surface area contributed by atoms with Gasteiger partial charge in [-0.1, -0.05) is 6.07 Å². The van der Waals surface area contributed by atoms with Crippen molar-refractivity contribution in [2.24, 2.45) is 0 Å². The lowest BCUT2D eigenvalue weighted by molar-refractivity contribution is 0.628. The average molecular weight is 188 g/mol. The second-order valence-electron chi connectivity index (χ2n) is 2.87. The first-order valence-electron chi connectivity index (χ1n) is 4.27. The number of hydrogen-bond acceptors (Lipinski definition) is 2. The molecule has 0 fully saturated rings. The van der Waals surface area contributed by atoms with Gasteiger partial charge in [0, 0.05) is 23.8 Å². The molecule has 0 amide bonds. The molecule has 70 valence electrons. The summed E-state index contributed by atoms with van der Waals surface area (Å²) in [6.45, 7) is 0. The van der Waals surface area contributed by atoms with E-state index in [1.807, 2.05) is 18.2 Å². The number of anilines is 2. The Labute approximate surface area is 81.4 Å². The van der Waals surface area contributed by atoms with Crippen LogP contribution in [0.4, 0.5) is 15.8 Å². The molecule has 2 rings (SSSR count). The van der Waals surface area contributed by atoms with Crippen molar-refractivity contribution in [2.45, 2.75) is 0 Å². The summed E-state index contributed by atoms with van der Waals surface area (Å²) in [6, 6.07) is 9.98. The van der Waals surface area contributed by atoms with Gasteiger partial charge in [-0.3, -0.25) is 4.98 Å². The topological polar surface area (TPSA) is 24.9 Å². The Morgan fingerprint density at radius 2 is 1.79 bits per heavy atom. The van der Waals surface area contributed by atoms with Gasteiger partial charge in [0.25, 0.3) is 0 Å². The highest BCUT2D eigenvalue weighted by molar-refractivity contribution is 5.58. The monoisotopic (exact) mass is 188 g/mol. The van der Waals surface area contributed by atoms with Crippen molar-refractivity contribution < 1.29 is 4.39 Å². The van der Waals surface area contributed by atoms with E-state index in [1.54, 1.807) is 18.5 Å². The third-order valence-corrected chi connectivity index (χ3v) is 1.79. The highest BCUT2D eigenvalue weighted by atomic mass is 19.1. The Kier molecular flexibility index (Phi) is 2.40. The van der Waals surface area contributed by atoms with Crippen molar-refractivity contribution in [2.75, 3.05) is 5.32 Å². The van der Waals surface area contributed by atoms with Crippen LogP contribution in [-0.2, 0) is 0 Å². The van der Waals surface area contributed by atoms with Crippen LogP contribution in [0.15, 0.2) is 48.8 Å². The van der Waals surface area contributed by atoms with E-state index in [2.05, 4.69) is 10.3 Å². The molecule has 0 bridgehead atoms. The molecule has 2 aromatic rings. The van der Waals surface area contributed by atoms with E-state index >= 15 is 0 Å². The van der Waals surface area contributed by atoms with Gasteiger partial charge < -0.3 is 5.32 Å². The summed E-state index contributed by atoms with van der Waals surface area (Å²) in [6.07, 6.45) is 3.36. The van der Waals surface area contributed by atoms with Crippen molar-refractivity contribution in [1.29, 1.82) is 0 Å². The van der Waals surface area contributed by atoms with Gasteiger partial charge in [-0.15, -0.1) is 0 Å². The van der Waals surface area contributed by atoms with Crippen LogP contribution in [0.25, 0.3) is 0 Å². The van der Waals surface area contributed by atoms with E-state index in [1.165, 1.54) is 12.1 Å². The molecule has 0 aliphatic rings. The number of pyridine rings is 1. The third kappa shape index (κ3) is 2.07. The summed E-state index contributed by atoms with van der Waals surface area (Å²) >= 11 is 0. The number of nitrogens with zero attached hydrogens (tertiary/aromatic N) is 1. The summed E-state index contributed by atoms with van der Waals surface area (Å²) in [7, 11) is 0. The summed E-state index contributed by atoms with van der Waals surface area (Å²) < 4.78 is 12.8. The van der Waals surface area contributed by atoms with Crippen molar-refractivity contribution in [3.05, 3.63) is 54.6 Å². The fourth-order valence-electron chi connectivity index (χ4n) is 1.17. The Bertz CT molecular complexity index is 415. The molecule has 0 atom stereocenters. The normalized spacial score (nSPS) is 9.79. The van der Waals surface area contributed by atoms with Crippen LogP contribution in [0, 0.1) is 5.82 Å². The lowest BCUT2D eigenvalue weighted by atomic mass is 10.3. The maximum atomic E-state index is 12.8. The van der Waals surface area contributed by atoms with Crippen LogP contribution >= 0.6 is 0 Å². The minimum absolute atomic E-state index is 0.246. The van der Waals surface area contributed by atoms with E-state index in [4.69, 9.17) is 0 Å². The predicted octanol–water partition coefficient (Wildman–Crippen LogP) is 2.96. The molecule has 0 saturated carbocycles. The van der Waals surface area contributed by atoms with Gasteiger partial charge in [0.2, 0.25) is 0 Å². The Morgan fingerprint density at radius 1 is 1.00 bits per heavy atom. The Morgan fingerprint density at radius 3 is 2.50 bits per heavy atom. The summed E-state index contributed by atoms with van der Waals surface area (Å²) in [5.41, 5.74) is 1.63. The third-order valence-electron chi connectivity index (χ3n) is 1.79. The minimum Gasteiger partial charge on any atom is -0.355 e. The van der Waals surface area contributed by atoms with Gasteiger partial charge in [0.05, 0.1) is 0 Å². The SMILES string of the molecule is Fc1cccc(Nc2ccncc2)c1. The molecule has 0 saturated heterocycles. The number of aromatic nitrogens is 1. The van der Waals surface area contributed by atoms with E-state index in [0.29, 0.717) is 0 Å². The van der Waals surface area contributed by atoms with Gasteiger partial charge >= 0.3 is 0 Å². The smallest absolute Gasteiger partial charge is 0.125 e. The van der Waals surface area contributed by atoms with Crippen LogP contribution < -0.4 is 5.32 Å². The number of hydrogen-bond donors (Lipinski definition) is 1. The molecule has 1 N–H and O–H groups in total. The molecule has 1 aromatic heterocycles. The molecule has 3 heteroatoms. The molecular formula is C11H9FN2. The van der Waals surface area contributed by atoms with Gasteiger partial charge in [0.1, 0.15) is 5.82 Å². The number of benzene rings is 1. The zero-order valence-corrected chi connectivity index (χ0v) is 7.44. The second kappa shape index (κ2) is 3.87. The van der Waals surface area contributed by atoms with Crippen molar-refractivity contribution in [1.82, 2.24) is 4.98 Å². The Balaban J connectivity index is 2.19. The molecule has 1 aromatic carbocycles. The molecule has 0 radical (unpaired) electrons. The quantitative estimate of drug-likeness (QED) is 0.783. The van der Waals surface area contributed by atoms with Crippen LogP contribution in [0.2, 0.25) is 0 Å². The first-order valence-corrected chi connectivity index (χ1v) is 4.27. The zero-order chi connectivity index (χ0) is 9.80. The van der Waals surface area contributed by atoms with Crippen LogP contribution in [-0.4, -0.2) is 4.98 Å². The Hall–Kier alpha value is -1.90. The highest BCUT2D eigenvalue weighted by Crippen LogP contribution is 2.15. The molecule has 14 heavy (non-hydrogen) atoms. The summed E-state index contributed by atoms with van der Waals surface area (Å²) in [4.78, 5) is 3.89. The maximum Gasteiger partial charge on any atom is 0.125 e. The van der Waals surface area contributed by atoms with Crippen molar-refractivity contribution >= 4 is 11.4 Å². The van der Waals surface area contributed by atoms with Gasteiger partial charge in [-0.25, -0.2) is 4.39 Å². The summed E-state index contributed by atoms with van der Waals surface area (Å²) in [5.74, 6) is -0.246. The fraction of sp³-hybridized carbons (Fsp3) is 0. The molecule has 0 aliphatic carbocycles. The maximum absolute atomic E-state index is 12.8. The number of nitrogens with one attached hydrogen (secondary N) is 1. The second-order valence-corrected chi connectivity index (χ2v) is 2.87. The van der Waals surface area contributed by atoms with Gasteiger partial charge in [0.15, 0.2) is 0 Å². The zero-order valence-electron chi connectivity index (χ0n) is 7.44. The fourth-order valence-corrected chi connectivity index (χ4v) is 1.17. The molecule has 0 unspecified atom stereocenters. The lowest BCUT2D eigenvalue weighted by Crippen LogP contribution is -1.90. The van der Waals surface area contributed by atoms with Crippen molar-refractivity contribution in [3.63, 3.8) is 0 Å². The molecule has 1 heterocycles. The lowest BCUT2D eigenvalue weighted by Gasteiger charge is -2.04. The van der Waals surface area contributed by atoms with Crippen LogP contribution in [0.5, 0.6) is 0 Å². The molecule has 2 nitrogen and oxygen atoms in total. The molecule has 0 spiro atoms. The van der Waals surface area contributed by atoms with E-state index < -0.39 is 0 Å². The average Bonchev–Trinajstić information content (AvgIpc) is 2.19.